The second kappa shape index (κ2) is 3.80. The molecule has 0 saturated carbocycles. The molecule has 1 rings (SSSR count). The molecule has 0 aliphatic rings. The number of hydrogen-bond acceptors (Lipinski definition) is 3. The van der Waals surface area contributed by atoms with E-state index in [1.165, 1.54) is 6.20 Å². The summed E-state index contributed by atoms with van der Waals surface area (Å²) in [6, 6.07) is 0. The number of hydrogen-bond donors (Lipinski definition) is 1. The lowest BCUT2D eigenvalue weighted by Gasteiger charge is -2.01. The minimum Gasteiger partial charge on any atom is -0.478 e. The molecule has 1 aromatic rings. The molecule has 1 heterocycles. The van der Waals surface area contributed by atoms with Gasteiger partial charge in [-0.2, -0.15) is 0 Å². The van der Waals surface area contributed by atoms with E-state index in [2.05, 4.69) is 9.97 Å². The highest BCUT2D eigenvalue weighted by Crippen LogP contribution is 2.14. The Kier molecular flexibility index (Phi) is 2.74. The highest BCUT2D eigenvalue weighted by molar-refractivity contribution is 5.94. The molecule has 68 valence electrons. The van der Waals surface area contributed by atoms with Gasteiger partial charge in [0.1, 0.15) is 0 Å². The van der Waals surface area contributed by atoms with Gasteiger partial charge >= 0.3 is 5.97 Å². The standard InChI is InChI=1S/C9H10N2O2/c1-6(7(2)9(12)13)8-5-10-3-4-11-8/h3-5H,1-2H3,(H,12,13). The molecule has 0 bridgehead atoms. The molecule has 4 nitrogen and oxygen atoms in total. The van der Waals surface area contributed by atoms with Gasteiger partial charge in [0.2, 0.25) is 0 Å². The van der Waals surface area contributed by atoms with E-state index >= 15 is 0 Å². The van der Waals surface area contributed by atoms with E-state index in [1.54, 1.807) is 26.2 Å². The first kappa shape index (κ1) is 9.38. The molecule has 0 amide bonds. The van der Waals surface area contributed by atoms with Crippen molar-refractivity contribution in [2.75, 3.05) is 0 Å². The van der Waals surface area contributed by atoms with Gasteiger partial charge in [0.15, 0.2) is 0 Å². The molecule has 1 N–H and O–H groups in total. The Hall–Kier alpha value is -1.71. The van der Waals surface area contributed by atoms with Crippen LogP contribution in [-0.4, -0.2) is 21.0 Å². The van der Waals surface area contributed by atoms with Crippen molar-refractivity contribution in [2.45, 2.75) is 13.8 Å². The third-order valence-electron chi connectivity index (χ3n) is 1.83. The van der Waals surface area contributed by atoms with Crippen molar-refractivity contribution in [2.24, 2.45) is 0 Å². The molecule has 0 unspecified atom stereocenters. The summed E-state index contributed by atoms with van der Waals surface area (Å²) in [5.74, 6) is -0.928. The van der Waals surface area contributed by atoms with Gasteiger partial charge in [0, 0.05) is 18.0 Å². The number of allylic oxidation sites excluding steroid dienone is 1. The van der Waals surface area contributed by atoms with Crippen LogP contribution in [0.4, 0.5) is 0 Å². The van der Waals surface area contributed by atoms with Crippen molar-refractivity contribution in [1.82, 2.24) is 9.97 Å². The van der Waals surface area contributed by atoms with Gasteiger partial charge in [-0.15, -0.1) is 0 Å². The van der Waals surface area contributed by atoms with E-state index in [-0.39, 0.29) is 0 Å². The largest absolute Gasteiger partial charge is 0.478 e. The summed E-state index contributed by atoms with van der Waals surface area (Å²) in [4.78, 5) is 18.5. The van der Waals surface area contributed by atoms with Crippen molar-refractivity contribution in [1.29, 1.82) is 0 Å². The van der Waals surface area contributed by atoms with Crippen molar-refractivity contribution in [3.05, 3.63) is 29.9 Å². The van der Waals surface area contributed by atoms with Crippen LogP contribution in [0.3, 0.4) is 0 Å². The lowest BCUT2D eigenvalue weighted by Crippen LogP contribution is -2.00. The van der Waals surface area contributed by atoms with E-state index in [4.69, 9.17) is 5.11 Å². The molecule has 0 aliphatic heterocycles. The van der Waals surface area contributed by atoms with E-state index in [0.717, 1.165) is 0 Å². The van der Waals surface area contributed by atoms with Crippen LogP contribution in [0, 0.1) is 0 Å². The van der Waals surface area contributed by atoms with Crippen LogP contribution < -0.4 is 0 Å². The summed E-state index contributed by atoms with van der Waals surface area (Å²) in [6.07, 6.45) is 4.63. The van der Waals surface area contributed by atoms with Gasteiger partial charge < -0.3 is 5.11 Å². The molecule has 0 fully saturated rings. The van der Waals surface area contributed by atoms with Gasteiger partial charge in [-0.25, -0.2) is 4.79 Å². The maximum absolute atomic E-state index is 10.6. The van der Waals surface area contributed by atoms with Crippen LogP contribution >= 0.6 is 0 Å². The first-order valence-electron chi connectivity index (χ1n) is 3.80. The summed E-state index contributed by atoms with van der Waals surface area (Å²) in [5.41, 5.74) is 1.53. The Labute approximate surface area is 76.0 Å². The third-order valence-corrected chi connectivity index (χ3v) is 1.83. The van der Waals surface area contributed by atoms with Crippen LogP contribution in [0.2, 0.25) is 0 Å². The fourth-order valence-corrected chi connectivity index (χ4v) is 0.845. The van der Waals surface area contributed by atoms with Crippen LogP contribution in [0.5, 0.6) is 0 Å². The van der Waals surface area contributed by atoms with Gasteiger partial charge in [-0.05, 0) is 19.4 Å². The first-order chi connectivity index (χ1) is 6.13. The Balaban J connectivity index is 3.11. The zero-order valence-corrected chi connectivity index (χ0v) is 7.48. The smallest absolute Gasteiger partial charge is 0.331 e. The monoisotopic (exact) mass is 178 g/mol. The zero-order chi connectivity index (χ0) is 9.84. The van der Waals surface area contributed by atoms with Crippen molar-refractivity contribution in [3.8, 4) is 0 Å². The molecule has 4 heteroatoms. The quantitative estimate of drug-likeness (QED) is 0.694. The number of carbonyl (C=O) groups is 1. The Morgan fingerprint density at radius 3 is 2.54 bits per heavy atom. The molecule has 13 heavy (non-hydrogen) atoms. The second-order valence-electron chi connectivity index (χ2n) is 2.65. The molecule has 0 radical (unpaired) electrons. The molecule has 0 atom stereocenters. The minimum absolute atomic E-state index is 0.292. The van der Waals surface area contributed by atoms with Gasteiger partial charge in [0.05, 0.1) is 11.9 Å². The average molecular weight is 178 g/mol. The molecule has 1 aromatic heterocycles. The predicted molar refractivity (Wildman–Crippen MR) is 47.9 cm³/mol. The first-order valence-corrected chi connectivity index (χ1v) is 3.80. The van der Waals surface area contributed by atoms with Crippen molar-refractivity contribution in [3.63, 3.8) is 0 Å². The summed E-state index contributed by atoms with van der Waals surface area (Å²) in [7, 11) is 0. The lowest BCUT2D eigenvalue weighted by molar-refractivity contribution is -0.132. The second-order valence-corrected chi connectivity index (χ2v) is 2.65. The Bertz CT molecular complexity index is 344. The fraction of sp³-hybridized carbons (Fsp3) is 0.222. The molecular formula is C9H10N2O2. The Morgan fingerprint density at radius 2 is 2.08 bits per heavy atom. The highest BCUT2D eigenvalue weighted by atomic mass is 16.4. The summed E-state index contributed by atoms with van der Waals surface area (Å²) >= 11 is 0. The topological polar surface area (TPSA) is 63.1 Å². The highest BCUT2D eigenvalue weighted by Gasteiger charge is 2.07. The molecule has 0 saturated heterocycles. The number of rotatable bonds is 2. The number of carboxylic acids is 1. The normalized spacial score (nSPS) is 12.2. The van der Waals surface area contributed by atoms with Crippen LogP contribution in [0.15, 0.2) is 24.2 Å². The van der Waals surface area contributed by atoms with Gasteiger partial charge in [-0.3, -0.25) is 9.97 Å². The minimum atomic E-state index is -0.928. The molecule has 0 aliphatic carbocycles. The van der Waals surface area contributed by atoms with Crippen LogP contribution in [0.25, 0.3) is 5.57 Å². The maximum Gasteiger partial charge on any atom is 0.331 e. The predicted octanol–water partition coefficient (Wildman–Crippen LogP) is 1.35. The summed E-state index contributed by atoms with van der Waals surface area (Å²) in [5, 5.41) is 8.71. The maximum atomic E-state index is 10.6. The lowest BCUT2D eigenvalue weighted by atomic mass is 10.1. The third kappa shape index (κ3) is 2.11. The van der Waals surface area contributed by atoms with E-state index in [9.17, 15) is 4.79 Å². The van der Waals surface area contributed by atoms with Gasteiger partial charge in [0.25, 0.3) is 0 Å². The van der Waals surface area contributed by atoms with Crippen LogP contribution in [0.1, 0.15) is 19.5 Å². The SMILES string of the molecule is CC(C(=O)O)=C(C)c1cnccn1. The molecule has 0 aromatic carbocycles. The summed E-state index contributed by atoms with van der Waals surface area (Å²) < 4.78 is 0. The zero-order valence-electron chi connectivity index (χ0n) is 7.48. The summed E-state index contributed by atoms with van der Waals surface area (Å²) in [6.45, 7) is 3.26. The fourth-order valence-electron chi connectivity index (χ4n) is 0.845. The van der Waals surface area contributed by atoms with Crippen molar-refractivity contribution < 1.29 is 9.90 Å². The van der Waals surface area contributed by atoms with E-state index < -0.39 is 5.97 Å². The van der Waals surface area contributed by atoms with E-state index in [1.807, 2.05) is 0 Å². The van der Waals surface area contributed by atoms with Crippen LogP contribution in [-0.2, 0) is 4.79 Å². The average Bonchev–Trinajstić information content (AvgIpc) is 2.17. The number of aliphatic carboxylic acids is 1. The van der Waals surface area contributed by atoms with E-state index in [0.29, 0.717) is 16.8 Å². The molecule has 0 spiro atoms. The Morgan fingerprint density at radius 1 is 1.38 bits per heavy atom. The number of carboxylic acid groups (broad SMARTS) is 1. The molecular weight excluding hydrogens is 168 g/mol. The number of aromatic nitrogens is 2. The van der Waals surface area contributed by atoms with Crippen molar-refractivity contribution >= 4 is 11.5 Å². The van der Waals surface area contributed by atoms with Gasteiger partial charge in [-0.1, -0.05) is 0 Å². The number of nitrogens with zero attached hydrogens (tertiary/aromatic N) is 2.